The van der Waals surface area contributed by atoms with Crippen LogP contribution in [0, 0.1) is 0 Å². The Labute approximate surface area is 85.0 Å². The first kappa shape index (κ1) is 12.8. The largest absolute Gasteiger partial charge is 0.355 e. The maximum absolute atomic E-state index is 11.1. The number of hydrogen-bond acceptors (Lipinski definition) is 3. The summed E-state index contributed by atoms with van der Waals surface area (Å²) in [5.74, 6) is 1.15. The summed E-state index contributed by atoms with van der Waals surface area (Å²) < 4.78 is 0. The summed E-state index contributed by atoms with van der Waals surface area (Å²) in [6, 6.07) is 0.456. The molecule has 0 radical (unpaired) electrons. The van der Waals surface area contributed by atoms with Gasteiger partial charge in [-0.3, -0.25) is 4.79 Å². The van der Waals surface area contributed by atoms with Crippen LogP contribution in [0.2, 0.25) is 0 Å². The summed E-state index contributed by atoms with van der Waals surface area (Å²) in [7, 11) is 0. The molecule has 78 valence electrons. The summed E-state index contributed by atoms with van der Waals surface area (Å²) in [6.45, 7) is 5.20. The second kappa shape index (κ2) is 8.38. The van der Waals surface area contributed by atoms with Crippen LogP contribution in [0.1, 0.15) is 20.3 Å². The van der Waals surface area contributed by atoms with Gasteiger partial charge >= 0.3 is 0 Å². The molecule has 1 unspecified atom stereocenters. The van der Waals surface area contributed by atoms with Crippen molar-refractivity contribution in [3.05, 3.63) is 0 Å². The van der Waals surface area contributed by atoms with Gasteiger partial charge in [-0.2, -0.15) is 11.8 Å². The Morgan fingerprint density at radius 1 is 1.46 bits per heavy atom. The second-order valence-electron chi connectivity index (χ2n) is 2.89. The zero-order chi connectivity index (χ0) is 10.1. The molecule has 0 aliphatic rings. The molecule has 1 atom stereocenters. The predicted octanol–water partition coefficient (Wildman–Crippen LogP) is 0.854. The topological polar surface area (TPSA) is 41.1 Å². The van der Waals surface area contributed by atoms with Crippen LogP contribution >= 0.6 is 11.8 Å². The van der Waals surface area contributed by atoms with Crippen molar-refractivity contribution >= 4 is 17.7 Å². The minimum absolute atomic E-state index is 0.0852. The molecular formula is C9H20N2OS. The minimum Gasteiger partial charge on any atom is -0.355 e. The van der Waals surface area contributed by atoms with Crippen molar-refractivity contribution in [2.24, 2.45) is 0 Å². The van der Waals surface area contributed by atoms with E-state index < -0.39 is 0 Å². The third-order valence-electron chi connectivity index (χ3n) is 1.79. The van der Waals surface area contributed by atoms with Crippen molar-refractivity contribution in [2.75, 3.05) is 25.1 Å². The van der Waals surface area contributed by atoms with E-state index in [0.717, 1.165) is 12.2 Å². The van der Waals surface area contributed by atoms with E-state index >= 15 is 0 Å². The van der Waals surface area contributed by atoms with Gasteiger partial charge in [-0.1, -0.05) is 6.92 Å². The minimum atomic E-state index is 0.0852. The Morgan fingerprint density at radius 3 is 2.62 bits per heavy atom. The molecule has 0 bridgehead atoms. The Hall–Kier alpha value is -0.220. The van der Waals surface area contributed by atoms with Crippen molar-refractivity contribution in [3.63, 3.8) is 0 Å². The van der Waals surface area contributed by atoms with Crippen LogP contribution in [-0.4, -0.2) is 37.0 Å². The number of amides is 1. The van der Waals surface area contributed by atoms with Gasteiger partial charge in [0.15, 0.2) is 0 Å². The van der Waals surface area contributed by atoms with Crippen LogP contribution in [0.15, 0.2) is 0 Å². The molecule has 0 heterocycles. The molecule has 0 aliphatic heterocycles. The average Bonchev–Trinajstić information content (AvgIpc) is 2.12. The highest BCUT2D eigenvalue weighted by molar-refractivity contribution is 7.98. The summed E-state index contributed by atoms with van der Waals surface area (Å²) in [5, 5.41) is 5.98. The maximum atomic E-state index is 11.1. The zero-order valence-electron chi connectivity index (χ0n) is 8.72. The fraction of sp³-hybridized carbons (Fsp3) is 0.889. The molecule has 0 aromatic heterocycles. The van der Waals surface area contributed by atoms with E-state index in [-0.39, 0.29) is 5.91 Å². The fourth-order valence-electron chi connectivity index (χ4n) is 1.02. The number of thioether (sulfide) groups is 1. The van der Waals surface area contributed by atoms with Crippen molar-refractivity contribution in [3.8, 4) is 0 Å². The van der Waals surface area contributed by atoms with Gasteiger partial charge in [0.1, 0.15) is 0 Å². The molecule has 0 aromatic rings. The number of carbonyl (C=O) groups is 1. The molecule has 0 aliphatic carbocycles. The highest BCUT2D eigenvalue weighted by atomic mass is 32.2. The molecule has 0 aromatic carbocycles. The van der Waals surface area contributed by atoms with E-state index in [4.69, 9.17) is 0 Å². The molecule has 0 saturated carbocycles. The Bertz CT molecular complexity index is 142. The SMILES string of the molecule is CCNC(=O)CNC(CC)CSC. The maximum Gasteiger partial charge on any atom is 0.233 e. The van der Waals surface area contributed by atoms with Crippen LogP contribution in [-0.2, 0) is 4.79 Å². The van der Waals surface area contributed by atoms with Crippen molar-refractivity contribution in [1.29, 1.82) is 0 Å². The second-order valence-corrected chi connectivity index (χ2v) is 3.81. The van der Waals surface area contributed by atoms with E-state index in [1.54, 1.807) is 11.8 Å². The van der Waals surface area contributed by atoms with Crippen LogP contribution in [0.3, 0.4) is 0 Å². The lowest BCUT2D eigenvalue weighted by Crippen LogP contribution is -2.39. The van der Waals surface area contributed by atoms with Crippen molar-refractivity contribution in [1.82, 2.24) is 10.6 Å². The smallest absolute Gasteiger partial charge is 0.233 e. The normalized spacial score (nSPS) is 12.5. The first-order valence-electron chi connectivity index (χ1n) is 4.73. The van der Waals surface area contributed by atoms with E-state index in [9.17, 15) is 4.79 Å². The number of hydrogen-bond donors (Lipinski definition) is 2. The van der Waals surface area contributed by atoms with Crippen LogP contribution in [0.4, 0.5) is 0 Å². The molecule has 2 N–H and O–H groups in total. The average molecular weight is 204 g/mol. The van der Waals surface area contributed by atoms with Crippen molar-refractivity contribution < 1.29 is 4.79 Å². The van der Waals surface area contributed by atoms with Crippen LogP contribution in [0.5, 0.6) is 0 Å². The highest BCUT2D eigenvalue weighted by Gasteiger charge is 2.06. The van der Waals surface area contributed by atoms with Gasteiger partial charge in [0.05, 0.1) is 6.54 Å². The van der Waals surface area contributed by atoms with Crippen LogP contribution in [0.25, 0.3) is 0 Å². The van der Waals surface area contributed by atoms with Crippen molar-refractivity contribution in [2.45, 2.75) is 26.3 Å². The number of rotatable bonds is 7. The molecule has 0 saturated heterocycles. The van der Waals surface area contributed by atoms with E-state index in [2.05, 4.69) is 23.8 Å². The van der Waals surface area contributed by atoms with Gasteiger partial charge in [-0.25, -0.2) is 0 Å². The third kappa shape index (κ3) is 6.90. The lowest BCUT2D eigenvalue weighted by molar-refractivity contribution is -0.120. The predicted molar refractivity (Wildman–Crippen MR) is 59.1 cm³/mol. The lowest BCUT2D eigenvalue weighted by Gasteiger charge is -2.14. The summed E-state index contributed by atoms with van der Waals surface area (Å²) in [6.07, 6.45) is 3.15. The lowest BCUT2D eigenvalue weighted by atomic mass is 10.2. The number of carbonyl (C=O) groups excluding carboxylic acids is 1. The van der Waals surface area contributed by atoms with Gasteiger partial charge in [0.2, 0.25) is 5.91 Å². The Morgan fingerprint density at radius 2 is 2.15 bits per heavy atom. The molecule has 0 spiro atoms. The van der Waals surface area contributed by atoms with Gasteiger partial charge in [0, 0.05) is 18.3 Å². The van der Waals surface area contributed by atoms with E-state index in [1.807, 2.05) is 6.92 Å². The Kier molecular flexibility index (Phi) is 8.24. The summed E-state index contributed by atoms with van der Waals surface area (Å²) in [4.78, 5) is 11.1. The molecule has 3 nitrogen and oxygen atoms in total. The highest BCUT2D eigenvalue weighted by Crippen LogP contribution is 1.99. The molecule has 4 heteroatoms. The summed E-state index contributed by atoms with van der Waals surface area (Å²) >= 11 is 1.81. The number of nitrogens with one attached hydrogen (secondary N) is 2. The molecule has 0 rings (SSSR count). The first-order chi connectivity index (χ1) is 6.24. The van der Waals surface area contributed by atoms with E-state index in [0.29, 0.717) is 19.1 Å². The molecule has 0 fully saturated rings. The van der Waals surface area contributed by atoms with Gasteiger partial charge in [-0.15, -0.1) is 0 Å². The van der Waals surface area contributed by atoms with Gasteiger partial charge in [-0.05, 0) is 19.6 Å². The fourth-order valence-corrected chi connectivity index (χ4v) is 1.77. The number of likely N-dealkylation sites (N-methyl/N-ethyl adjacent to an activating group) is 1. The monoisotopic (exact) mass is 204 g/mol. The quantitative estimate of drug-likeness (QED) is 0.646. The molecule has 13 heavy (non-hydrogen) atoms. The zero-order valence-corrected chi connectivity index (χ0v) is 9.54. The molecular weight excluding hydrogens is 184 g/mol. The van der Waals surface area contributed by atoms with Gasteiger partial charge < -0.3 is 10.6 Å². The Balaban J connectivity index is 3.52. The first-order valence-corrected chi connectivity index (χ1v) is 6.12. The van der Waals surface area contributed by atoms with Crippen LogP contribution < -0.4 is 10.6 Å². The van der Waals surface area contributed by atoms with Gasteiger partial charge in [0.25, 0.3) is 0 Å². The summed E-state index contributed by atoms with van der Waals surface area (Å²) in [5.41, 5.74) is 0. The molecule has 1 amide bonds. The van der Waals surface area contributed by atoms with E-state index in [1.165, 1.54) is 0 Å². The standard InChI is InChI=1S/C9H20N2OS/c1-4-8(7-13-3)11-6-9(12)10-5-2/h8,11H,4-7H2,1-3H3,(H,10,12). The third-order valence-corrected chi connectivity index (χ3v) is 2.52.